The Labute approximate surface area is 107 Å². The SMILES string of the molecule is O=Cc1c(C(F)(F)F)ncc(OC(F)(F)F)c1CCl. The number of rotatable bonds is 3. The van der Waals surface area contributed by atoms with Gasteiger partial charge in [-0.2, -0.15) is 13.2 Å². The Morgan fingerprint density at radius 3 is 2.21 bits per heavy atom. The minimum atomic E-state index is -5.14. The van der Waals surface area contributed by atoms with E-state index in [1.165, 1.54) is 0 Å². The number of nitrogens with zero attached hydrogens (tertiary/aromatic N) is 1. The van der Waals surface area contributed by atoms with Crippen LogP contribution in [0.2, 0.25) is 0 Å². The molecule has 0 saturated carbocycles. The lowest BCUT2D eigenvalue weighted by Gasteiger charge is -2.16. The van der Waals surface area contributed by atoms with Crippen LogP contribution >= 0.6 is 11.6 Å². The maximum absolute atomic E-state index is 12.5. The molecule has 0 aliphatic rings. The van der Waals surface area contributed by atoms with Crippen LogP contribution in [-0.2, 0) is 12.1 Å². The van der Waals surface area contributed by atoms with Gasteiger partial charge in [-0.25, -0.2) is 4.98 Å². The van der Waals surface area contributed by atoms with Crippen LogP contribution in [0.15, 0.2) is 6.20 Å². The fourth-order valence-corrected chi connectivity index (χ4v) is 1.53. The highest BCUT2D eigenvalue weighted by Gasteiger charge is 2.39. The fourth-order valence-electron chi connectivity index (χ4n) is 1.25. The number of halogens is 7. The molecular weight excluding hydrogens is 304 g/mol. The van der Waals surface area contributed by atoms with Crippen LogP contribution < -0.4 is 4.74 Å². The summed E-state index contributed by atoms with van der Waals surface area (Å²) < 4.78 is 77.0. The third kappa shape index (κ3) is 3.72. The van der Waals surface area contributed by atoms with Crippen LogP contribution in [0.1, 0.15) is 21.6 Å². The lowest BCUT2D eigenvalue weighted by atomic mass is 10.1. The molecule has 1 aromatic heterocycles. The van der Waals surface area contributed by atoms with Crippen molar-refractivity contribution in [3.05, 3.63) is 23.0 Å². The molecule has 0 atom stereocenters. The van der Waals surface area contributed by atoms with E-state index in [0.717, 1.165) is 0 Å². The Balaban J connectivity index is 3.43. The predicted molar refractivity (Wildman–Crippen MR) is 50.9 cm³/mol. The van der Waals surface area contributed by atoms with Gasteiger partial charge in [0.25, 0.3) is 0 Å². The Hall–Kier alpha value is -1.51. The first-order valence-electron chi connectivity index (χ1n) is 4.46. The molecule has 0 amide bonds. The summed E-state index contributed by atoms with van der Waals surface area (Å²) in [5, 5.41) is 0. The first kappa shape index (κ1) is 15.5. The molecule has 0 aliphatic heterocycles. The van der Waals surface area contributed by atoms with Crippen molar-refractivity contribution < 1.29 is 35.9 Å². The van der Waals surface area contributed by atoms with Gasteiger partial charge in [0.2, 0.25) is 0 Å². The Bertz CT molecular complexity index is 485. The summed E-state index contributed by atoms with van der Waals surface area (Å²) in [6.45, 7) is 0. The van der Waals surface area contributed by atoms with Crippen molar-refractivity contribution in [3.8, 4) is 5.75 Å². The average Bonchev–Trinajstić information content (AvgIpc) is 2.24. The molecule has 106 valence electrons. The van der Waals surface area contributed by atoms with E-state index >= 15 is 0 Å². The number of ether oxygens (including phenoxy) is 1. The maximum atomic E-state index is 12.5. The summed E-state index contributed by atoms with van der Waals surface area (Å²) in [7, 11) is 0. The molecule has 0 aliphatic carbocycles. The molecule has 0 N–H and O–H groups in total. The second-order valence-corrected chi connectivity index (χ2v) is 3.43. The van der Waals surface area contributed by atoms with E-state index in [2.05, 4.69) is 9.72 Å². The van der Waals surface area contributed by atoms with Crippen molar-refractivity contribution in [2.75, 3.05) is 0 Å². The third-order valence-corrected chi connectivity index (χ3v) is 2.20. The fraction of sp³-hybridized carbons (Fsp3) is 0.333. The summed E-state index contributed by atoms with van der Waals surface area (Å²) >= 11 is 5.27. The Morgan fingerprint density at radius 2 is 1.84 bits per heavy atom. The van der Waals surface area contributed by atoms with Gasteiger partial charge in [-0.15, -0.1) is 24.8 Å². The quantitative estimate of drug-likeness (QED) is 0.487. The van der Waals surface area contributed by atoms with Crippen molar-refractivity contribution in [2.45, 2.75) is 18.4 Å². The van der Waals surface area contributed by atoms with E-state index in [0.29, 0.717) is 0 Å². The molecule has 0 spiro atoms. The number of hydrogen-bond acceptors (Lipinski definition) is 3. The van der Waals surface area contributed by atoms with E-state index in [4.69, 9.17) is 11.6 Å². The molecule has 10 heteroatoms. The smallest absolute Gasteiger partial charge is 0.404 e. The van der Waals surface area contributed by atoms with Crippen molar-refractivity contribution in [1.29, 1.82) is 0 Å². The number of pyridine rings is 1. The zero-order valence-electron chi connectivity index (χ0n) is 8.77. The van der Waals surface area contributed by atoms with Crippen LogP contribution in [-0.4, -0.2) is 17.6 Å². The first-order valence-corrected chi connectivity index (χ1v) is 4.99. The minimum Gasteiger partial charge on any atom is -0.404 e. The molecule has 0 radical (unpaired) electrons. The first-order chi connectivity index (χ1) is 8.60. The zero-order chi connectivity index (χ0) is 14.8. The van der Waals surface area contributed by atoms with Crippen molar-refractivity contribution >= 4 is 17.9 Å². The standard InChI is InChI=1S/C9H4ClF6NO2/c10-1-4-5(3-18)7(8(11,12)13)17-2-6(4)19-9(14,15)16/h2-3H,1H2. The normalized spacial score (nSPS) is 12.4. The number of aldehydes is 1. The summed E-state index contributed by atoms with van der Waals surface area (Å²) in [5.41, 5.74) is -3.42. The number of hydrogen-bond donors (Lipinski definition) is 0. The second-order valence-electron chi connectivity index (χ2n) is 3.16. The van der Waals surface area contributed by atoms with Gasteiger partial charge in [0.05, 0.1) is 17.6 Å². The van der Waals surface area contributed by atoms with Crippen molar-refractivity contribution in [1.82, 2.24) is 4.98 Å². The summed E-state index contributed by atoms with van der Waals surface area (Å²) in [5.74, 6) is -1.82. The number of carbonyl (C=O) groups is 1. The molecule has 0 saturated heterocycles. The third-order valence-electron chi connectivity index (χ3n) is 1.93. The molecule has 0 bridgehead atoms. The molecule has 1 rings (SSSR count). The van der Waals surface area contributed by atoms with Crippen molar-refractivity contribution in [3.63, 3.8) is 0 Å². The number of alkyl halides is 7. The Kier molecular flexibility index (Phi) is 4.28. The van der Waals surface area contributed by atoms with Crippen LogP contribution in [0.25, 0.3) is 0 Å². The predicted octanol–water partition coefficient (Wildman–Crippen LogP) is 3.55. The van der Waals surface area contributed by atoms with E-state index in [9.17, 15) is 31.1 Å². The molecular formula is C9H4ClF6NO2. The van der Waals surface area contributed by atoms with Gasteiger partial charge in [-0.3, -0.25) is 4.79 Å². The number of aromatic nitrogens is 1. The van der Waals surface area contributed by atoms with Gasteiger partial charge in [0.1, 0.15) is 0 Å². The summed E-state index contributed by atoms with van der Waals surface area (Å²) in [4.78, 5) is 13.4. The summed E-state index contributed by atoms with van der Waals surface area (Å²) in [6.07, 6.45) is -10.2. The van der Waals surface area contributed by atoms with Gasteiger partial charge >= 0.3 is 12.5 Å². The van der Waals surface area contributed by atoms with Gasteiger partial charge in [-0.1, -0.05) is 0 Å². The number of carbonyl (C=O) groups excluding carboxylic acids is 1. The molecule has 0 unspecified atom stereocenters. The highest BCUT2D eigenvalue weighted by Crippen LogP contribution is 2.36. The van der Waals surface area contributed by atoms with Gasteiger partial charge in [0.15, 0.2) is 17.7 Å². The van der Waals surface area contributed by atoms with Crippen LogP contribution in [0.4, 0.5) is 26.3 Å². The van der Waals surface area contributed by atoms with Gasteiger partial charge in [0, 0.05) is 5.56 Å². The molecule has 3 nitrogen and oxygen atoms in total. The van der Waals surface area contributed by atoms with E-state index in [-0.39, 0.29) is 12.5 Å². The molecule has 1 heterocycles. The molecule has 0 aromatic carbocycles. The second kappa shape index (κ2) is 5.24. The molecule has 19 heavy (non-hydrogen) atoms. The maximum Gasteiger partial charge on any atom is 0.573 e. The van der Waals surface area contributed by atoms with Gasteiger partial charge < -0.3 is 4.74 Å². The van der Waals surface area contributed by atoms with Crippen LogP contribution in [0.5, 0.6) is 5.75 Å². The largest absolute Gasteiger partial charge is 0.573 e. The summed E-state index contributed by atoms with van der Waals surface area (Å²) in [6, 6.07) is 0. The van der Waals surface area contributed by atoms with Crippen LogP contribution in [0, 0.1) is 0 Å². The van der Waals surface area contributed by atoms with Crippen molar-refractivity contribution in [2.24, 2.45) is 0 Å². The minimum absolute atomic E-state index is 0.223. The molecule has 0 fully saturated rings. The topological polar surface area (TPSA) is 39.2 Å². The highest BCUT2D eigenvalue weighted by atomic mass is 35.5. The average molecular weight is 308 g/mol. The molecule has 1 aromatic rings. The lowest BCUT2D eigenvalue weighted by Crippen LogP contribution is -2.20. The van der Waals surface area contributed by atoms with E-state index < -0.39 is 41.0 Å². The van der Waals surface area contributed by atoms with E-state index in [1.54, 1.807) is 0 Å². The van der Waals surface area contributed by atoms with Gasteiger partial charge in [-0.05, 0) is 0 Å². The van der Waals surface area contributed by atoms with Crippen LogP contribution in [0.3, 0.4) is 0 Å². The zero-order valence-corrected chi connectivity index (χ0v) is 9.53. The monoisotopic (exact) mass is 307 g/mol. The van der Waals surface area contributed by atoms with E-state index in [1.807, 2.05) is 0 Å². The highest BCUT2D eigenvalue weighted by molar-refractivity contribution is 6.17. The Morgan fingerprint density at radius 1 is 1.26 bits per heavy atom. The lowest BCUT2D eigenvalue weighted by molar-refractivity contribution is -0.275.